The van der Waals surface area contributed by atoms with Crippen molar-refractivity contribution in [3.05, 3.63) is 23.8 Å². The van der Waals surface area contributed by atoms with Gasteiger partial charge in [-0.3, -0.25) is 4.79 Å². The number of ether oxygens (including phenoxy) is 2. The van der Waals surface area contributed by atoms with Gasteiger partial charge in [-0.25, -0.2) is 0 Å². The standard InChI is InChI=1S/C27H44O5/c1-5-11-27(4,12-6-2)17-31-24-15-20(28)13-19-8-7-18(3)23(26(19)24)10-9-22-14-21(29)16-25(30)32-22/h7-8,13,18,20-24,26,28-29H,5-6,9-12,14-17H2,1-4H3/t18-,20-,21-,22-,23+,24+,26+/m1/s1. The molecule has 2 N–H and O–H groups in total. The quantitative estimate of drug-likeness (QED) is 0.462. The zero-order chi connectivity index (χ0) is 23.3. The lowest BCUT2D eigenvalue weighted by atomic mass is 9.66. The van der Waals surface area contributed by atoms with E-state index in [0.29, 0.717) is 24.7 Å². The molecule has 1 heterocycles. The highest BCUT2D eigenvalue weighted by Gasteiger charge is 2.42. The molecule has 1 aliphatic heterocycles. The van der Waals surface area contributed by atoms with E-state index < -0.39 is 12.2 Å². The van der Waals surface area contributed by atoms with Crippen LogP contribution in [0.1, 0.15) is 85.5 Å². The van der Waals surface area contributed by atoms with E-state index in [1.807, 2.05) is 6.08 Å². The van der Waals surface area contributed by atoms with Gasteiger partial charge in [-0.05, 0) is 48.5 Å². The molecule has 7 atom stereocenters. The second kappa shape index (κ2) is 11.3. The molecule has 0 unspecified atom stereocenters. The van der Waals surface area contributed by atoms with Crippen LogP contribution in [0.5, 0.6) is 0 Å². The van der Waals surface area contributed by atoms with Crippen molar-refractivity contribution in [2.75, 3.05) is 6.61 Å². The van der Waals surface area contributed by atoms with Gasteiger partial charge in [0.25, 0.3) is 0 Å². The van der Waals surface area contributed by atoms with Crippen molar-refractivity contribution in [2.45, 2.75) is 110 Å². The van der Waals surface area contributed by atoms with Crippen LogP contribution in [0.2, 0.25) is 0 Å². The zero-order valence-electron chi connectivity index (χ0n) is 20.5. The highest BCUT2D eigenvalue weighted by atomic mass is 16.5. The van der Waals surface area contributed by atoms with Gasteiger partial charge < -0.3 is 19.7 Å². The molecule has 0 bridgehead atoms. The summed E-state index contributed by atoms with van der Waals surface area (Å²) in [5, 5.41) is 20.5. The number of aliphatic hydroxyl groups excluding tert-OH is 2. The molecule has 182 valence electrons. The number of carbonyl (C=O) groups excluding carboxylic acids is 1. The van der Waals surface area contributed by atoms with Crippen LogP contribution >= 0.6 is 0 Å². The van der Waals surface area contributed by atoms with Gasteiger partial charge in [0.05, 0.1) is 31.3 Å². The van der Waals surface area contributed by atoms with Crippen molar-refractivity contribution in [2.24, 2.45) is 23.2 Å². The van der Waals surface area contributed by atoms with Crippen LogP contribution in [-0.4, -0.2) is 47.2 Å². The summed E-state index contributed by atoms with van der Waals surface area (Å²) < 4.78 is 12.1. The van der Waals surface area contributed by atoms with Gasteiger partial charge in [0.2, 0.25) is 0 Å². The van der Waals surface area contributed by atoms with E-state index in [1.165, 1.54) is 5.57 Å². The van der Waals surface area contributed by atoms with Crippen LogP contribution in [0.3, 0.4) is 0 Å². The molecule has 0 saturated carbocycles. The van der Waals surface area contributed by atoms with Crippen LogP contribution in [0.4, 0.5) is 0 Å². The molecule has 5 heteroatoms. The second-order valence-corrected chi connectivity index (χ2v) is 10.8. The fraction of sp³-hybridized carbons (Fsp3) is 0.815. The van der Waals surface area contributed by atoms with Crippen LogP contribution in [0.15, 0.2) is 23.8 Å². The van der Waals surface area contributed by atoms with E-state index in [4.69, 9.17) is 9.47 Å². The van der Waals surface area contributed by atoms with Crippen LogP contribution in [0.25, 0.3) is 0 Å². The van der Waals surface area contributed by atoms with Crippen molar-refractivity contribution in [1.82, 2.24) is 0 Å². The SMILES string of the molecule is CCCC(C)(CCC)CO[C@H]1C[C@H](O)C=C2C=C[C@@H](C)[C@H](CC[C@@H]3C[C@@H](O)CC(=O)O3)[C@H]21. The predicted molar refractivity (Wildman–Crippen MR) is 126 cm³/mol. The van der Waals surface area contributed by atoms with Crippen LogP contribution in [-0.2, 0) is 14.3 Å². The molecule has 0 radical (unpaired) electrons. The average molecular weight is 449 g/mol. The molecule has 0 spiro atoms. The van der Waals surface area contributed by atoms with Gasteiger partial charge in [-0.2, -0.15) is 0 Å². The first-order valence-electron chi connectivity index (χ1n) is 12.8. The van der Waals surface area contributed by atoms with E-state index in [-0.39, 0.29) is 35.9 Å². The molecule has 1 saturated heterocycles. The van der Waals surface area contributed by atoms with E-state index in [2.05, 4.69) is 39.8 Å². The number of allylic oxidation sites excluding steroid dienone is 2. The number of hydrogen-bond donors (Lipinski definition) is 2. The van der Waals surface area contributed by atoms with Gasteiger partial charge >= 0.3 is 5.97 Å². The summed E-state index contributed by atoms with van der Waals surface area (Å²) in [5.74, 6) is 0.708. The normalized spacial score (nSPS) is 35.2. The lowest BCUT2D eigenvalue weighted by molar-refractivity contribution is -0.160. The Morgan fingerprint density at radius 2 is 1.88 bits per heavy atom. The lowest BCUT2D eigenvalue weighted by Crippen LogP contribution is -2.43. The number of carbonyl (C=O) groups is 1. The molecular formula is C27H44O5. The maximum Gasteiger partial charge on any atom is 0.308 e. The van der Waals surface area contributed by atoms with Gasteiger partial charge in [0, 0.05) is 18.8 Å². The Hall–Kier alpha value is -1.17. The predicted octanol–water partition coefficient (Wildman–Crippen LogP) is 4.95. The number of aliphatic hydroxyl groups is 2. The maximum absolute atomic E-state index is 11.8. The van der Waals surface area contributed by atoms with E-state index in [0.717, 1.165) is 45.1 Å². The lowest BCUT2D eigenvalue weighted by Gasteiger charge is -2.44. The number of hydrogen-bond acceptors (Lipinski definition) is 5. The summed E-state index contributed by atoms with van der Waals surface area (Å²) >= 11 is 0. The average Bonchev–Trinajstić information content (AvgIpc) is 2.71. The Labute approximate surface area is 194 Å². The first-order chi connectivity index (χ1) is 15.2. The van der Waals surface area contributed by atoms with Crippen LogP contribution < -0.4 is 0 Å². The smallest absolute Gasteiger partial charge is 0.308 e. The number of esters is 1. The van der Waals surface area contributed by atoms with Gasteiger partial charge in [-0.1, -0.05) is 58.8 Å². The fourth-order valence-electron chi connectivity index (χ4n) is 6.24. The van der Waals surface area contributed by atoms with E-state index >= 15 is 0 Å². The van der Waals surface area contributed by atoms with Gasteiger partial charge in [0.15, 0.2) is 0 Å². The summed E-state index contributed by atoms with van der Waals surface area (Å²) in [6, 6.07) is 0. The third kappa shape index (κ3) is 6.45. The molecular weight excluding hydrogens is 404 g/mol. The van der Waals surface area contributed by atoms with E-state index in [1.54, 1.807) is 0 Å². The van der Waals surface area contributed by atoms with E-state index in [9.17, 15) is 15.0 Å². The molecule has 0 aromatic carbocycles. The monoisotopic (exact) mass is 448 g/mol. The highest BCUT2D eigenvalue weighted by Crippen LogP contribution is 2.45. The zero-order valence-corrected chi connectivity index (χ0v) is 20.5. The third-order valence-corrected chi connectivity index (χ3v) is 7.78. The minimum atomic E-state index is -0.587. The molecule has 0 aromatic heterocycles. The highest BCUT2D eigenvalue weighted by molar-refractivity contribution is 5.70. The van der Waals surface area contributed by atoms with Gasteiger partial charge in [0.1, 0.15) is 6.10 Å². The van der Waals surface area contributed by atoms with Crippen LogP contribution in [0, 0.1) is 23.2 Å². The van der Waals surface area contributed by atoms with Crippen molar-refractivity contribution < 1.29 is 24.5 Å². The largest absolute Gasteiger partial charge is 0.462 e. The molecule has 3 rings (SSSR count). The number of cyclic esters (lactones) is 1. The number of rotatable bonds is 10. The third-order valence-electron chi connectivity index (χ3n) is 7.78. The Bertz CT molecular complexity index is 678. The Morgan fingerprint density at radius 3 is 2.53 bits per heavy atom. The topological polar surface area (TPSA) is 76.0 Å². The molecule has 2 aliphatic carbocycles. The fourth-order valence-corrected chi connectivity index (χ4v) is 6.24. The summed E-state index contributed by atoms with van der Waals surface area (Å²) in [4.78, 5) is 11.8. The summed E-state index contributed by atoms with van der Waals surface area (Å²) in [6.07, 6.45) is 12.7. The Kier molecular flexibility index (Phi) is 8.99. The molecule has 3 aliphatic rings. The summed E-state index contributed by atoms with van der Waals surface area (Å²) in [6.45, 7) is 9.78. The summed E-state index contributed by atoms with van der Waals surface area (Å²) in [7, 11) is 0. The maximum atomic E-state index is 11.8. The first kappa shape index (κ1) is 25.5. The van der Waals surface area contributed by atoms with Crippen molar-refractivity contribution in [1.29, 1.82) is 0 Å². The molecule has 0 aromatic rings. The molecule has 1 fully saturated rings. The molecule has 5 nitrogen and oxygen atoms in total. The molecule has 32 heavy (non-hydrogen) atoms. The minimum Gasteiger partial charge on any atom is -0.462 e. The first-order valence-corrected chi connectivity index (χ1v) is 12.8. The minimum absolute atomic E-state index is 0.00469. The molecule has 0 amide bonds. The Balaban J connectivity index is 1.72. The summed E-state index contributed by atoms with van der Waals surface area (Å²) in [5.41, 5.74) is 1.36. The second-order valence-electron chi connectivity index (χ2n) is 10.8. The van der Waals surface area contributed by atoms with Crippen molar-refractivity contribution in [3.63, 3.8) is 0 Å². The number of fused-ring (bicyclic) bond motifs is 1. The Morgan fingerprint density at radius 1 is 1.16 bits per heavy atom. The van der Waals surface area contributed by atoms with Crippen molar-refractivity contribution in [3.8, 4) is 0 Å². The van der Waals surface area contributed by atoms with Crippen molar-refractivity contribution >= 4 is 5.97 Å². The van der Waals surface area contributed by atoms with Gasteiger partial charge in [-0.15, -0.1) is 0 Å².